The number of hydrogen-bond donors (Lipinski definition) is 0. The number of benzene rings is 1. The SMILES string of the molecule is Cc1ncsc1CCN(C)C(=O)c1ccc2c(c1)CCCO2. The number of amides is 1. The van der Waals surface area contributed by atoms with Crippen molar-refractivity contribution in [3.63, 3.8) is 0 Å². The van der Waals surface area contributed by atoms with Crippen molar-refractivity contribution in [3.8, 4) is 5.75 Å². The van der Waals surface area contributed by atoms with E-state index in [1.807, 2.05) is 37.7 Å². The van der Waals surface area contributed by atoms with E-state index in [4.69, 9.17) is 4.74 Å². The third-order valence-corrected chi connectivity index (χ3v) is 5.02. The van der Waals surface area contributed by atoms with E-state index in [1.54, 1.807) is 16.2 Å². The number of rotatable bonds is 4. The summed E-state index contributed by atoms with van der Waals surface area (Å²) in [5, 5.41) is 0. The summed E-state index contributed by atoms with van der Waals surface area (Å²) < 4.78 is 5.60. The number of fused-ring (bicyclic) bond motifs is 1. The molecule has 1 amide bonds. The molecule has 0 radical (unpaired) electrons. The van der Waals surface area contributed by atoms with Crippen molar-refractivity contribution >= 4 is 17.2 Å². The van der Waals surface area contributed by atoms with Crippen LogP contribution in [0.4, 0.5) is 0 Å². The molecule has 1 aromatic heterocycles. The summed E-state index contributed by atoms with van der Waals surface area (Å²) in [7, 11) is 1.86. The Morgan fingerprint density at radius 3 is 3.09 bits per heavy atom. The molecule has 0 aliphatic carbocycles. The first-order valence-electron chi connectivity index (χ1n) is 7.55. The monoisotopic (exact) mass is 316 g/mol. The number of aryl methyl sites for hydroxylation is 2. The Hall–Kier alpha value is -1.88. The molecule has 116 valence electrons. The highest BCUT2D eigenvalue weighted by molar-refractivity contribution is 7.09. The first-order valence-corrected chi connectivity index (χ1v) is 8.43. The molecular formula is C17H20N2O2S. The lowest BCUT2D eigenvalue weighted by Gasteiger charge is -2.20. The molecule has 0 saturated heterocycles. The van der Waals surface area contributed by atoms with Crippen LogP contribution in [0.15, 0.2) is 23.7 Å². The van der Waals surface area contributed by atoms with Crippen LogP contribution in [0.1, 0.15) is 32.9 Å². The number of carbonyl (C=O) groups excluding carboxylic acids is 1. The third kappa shape index (κ3) is 3.14. The highest BCUT2D eigenvalue weighted by Gasteiger charge is 2.16. The summed E-state index contributed by atoms with van der Waals surface area (Å²) in [4.78, 5) is 19.8. The van der Waals surface area contributed by atoms with Gasteiger partial charge in [0.05, 0.1) is 17.8 Å². The van der Waals surface area contributed by atoms with Gasteiger partial charge in [-0.25, -0.2) is 4.98 Å². The van der Waals surface area contributed by atoms with Gasteiger partial charge in [-0.2, -0.15) is 0 Å². The Balaban J connectivity index is 1.66. The van der Waals surface area contributed by atoms with Crippen molar-refractivity contribution in [2.24, 2.45) is 0 Å². The van der Waals surface area contributed by atoms with Crippen LogP contribution in [0, 0.1) is 6.92 Å². The van der Waals surface area contributed by atoms with Crippen molar-refractivity contribution < 1.29 is 9.53 Å². The number of aromatic nitrogens is 1. The molecule has 4 nitrogen and oxygen atoms in total. The number of likely N-dealkylation sites (N-methyl/N-ethyl adjacent to an activating group) is 1. The number of thiazole rings is 1. The Labute approximate surface area is 134 Å². The molecule has 0 N–H and O–H groups in total. The van der Waals surface area contributed by atoms with E-state index in [9.17, 15) is 4.79 Å². The van der Waals surface area contributed by atoms with Gasteiger partial charge in [-0.15, -0.1) is 11.3 Å². The third-order valence-electron chi connectivity index (χ3n) is 4.02. The Bertz CT molecular complexity index is 681. The molecule has 0 unspecified atom stereocenters. The molecule has 1 aliphatic rings. The van der Waals surface area contributed by atoms with Crippen LogP contribution in [0.5, 0.6) is 5.75 Å². The van der Waals surface area contributed by atoms with Crippen molar-refractivity contribution in [3.05, 3.63) is 45.4 Å². The lowest BCUT2D eigenvalue weighted by atomic mass is 10.0. The summed E-state index contributed by atoms with van der Waals surface area (Å²) in [5.41, 5.74) is 4.81. The molecule has 5 heteroatoms. The van der Waals surface area contributed by atoms with Gasteiger partial charge in [-0.05, 0) is 43.5 Å². The number of nitrogens with zero attached hydrogens (tertiary/aromatic N) is 2. The average molecular weight is 316 g/mol. The highest BCUT2D eigenvalue weighted by atomic mass is 32.1. The smallest absolute Gasteiger partial charge is 0.253 e. The fourth-order valence-corrected chi connectivity index (χ4v) is 3.42. The first-order chi connectivity index (χ1) is 10.6. The molecule has 1 aromatic carbocycles. The zero-order chi connectivity index (χ0) is 15.5. The molecule has 0 bridgehead atoms. The fourth-order valence-electron chi connectivity index (χ4n) is 2.65. The zero-order valence-electron chi connectivity index (χ0n) is 13.0. The lowest BCUT2D eigenvalue weighted by Crippen LogP contribution is -2.29. The largest absolute Gasteiger partial charge is 0.493 e. The quantitative estimate of drug-likeness (QED) is 0.870. The maximum absolute atomic E-state index is 12.5. The van der Waals surface area contributed by atoms with E-state index < -0.39 is 0 Å². The summed E-state index contributed by atoms with van der Waals surface area (Å²) in [6, 6.07) is 5.76. The standard InChI is InChI=1S/C17H20N2O2S/c1-12-16(22-11-18-12)7-8-19(2)17(20)14-5-6-15-13(10-14)4-3-9-21-15/h5-6,10-11H,3-4,7-9H2,1-2H3. The van der Waals surface area contributed by atoms with E-state index >= 15 is 0 Å². The van der Waals surface area contributed by atoms with Gasteiger partial charge in [-0.1, -0.05) is 0 Å². The number of carbonyl (C=O) groups is 1. The summed E-state index contributed by atoms with van der Waals surface area (Å²) in [5.74, 6) is 0.987. The van der Waals surface area contributed by atoms with Crippen molar-refractivity contribution in [1.29, 1.82) is 0 Å². The average Bonchev–Trinajstić information content (AvgIpc) is 2.96. The van der Waals surface area contributed by atoms with Crippen molar-refractivity contribution in [2.45, 2.75) is 26.2 Å². The minimum atomic E-state index is 0.0653. The van der Waals surface area contributed by atoms with E-state index in [0.29, 0.717) is 6.54 Å². The van der Waals surface area contributed by atoms with Gasteiger partial charge < -0.3 is 9.64 Å². The summed E-state index contributed by atoms with van der Waals surface area (Å²) >= 11 is 1.65. The molecule has 0 spiro atoms. The molecular weight excluding hydrogens is 296 g/mol. The normalized spacial score (nSPS) is 13.4. The number of hydrogen-bond acceptors (Lipinski definition) is 4. The Morgan fingerprint density at radius 2 is 2.32 bits per heavy atom. The van der Waals surface area contributed by atoms with Crippen LogP contribution in [0.3, 0.4) is 0 Å². The van der Waals surface area contributed by atoms with Gasteiger partial charge in [0.15, 0.2) is 0 Å². The second-order valence-electron chi connectivity index (χ2n) is 5.61. The van der Waals surface area contributed by atoms with Crippen LogP contribution in [0.25, 0.3) is 0 Å². The van der Waals surface area contributed by atoms with Gasteiger partial charge in [0.2, 0.25) is 0 Å². The van der Waals surface area contributed by atoms with Crippen LogP contribution >= 0.6 is 11.3 Å². The van der Waals surface area contributed by atoms with E-state index in [1.165, 1.54) is 4.88 Å². The molecule has 1 aliphatic heterocycles. The minimum Gasteiger partial charge on any atom is -0.493 e. The molecule has 0 fully saturated rings. The first kappa shape index (κ1) is 15.0. The Kier molecular flexibility index (Phi) is 4.43. The second-order valence-corrected chi connectivity index (χ2v) is 6.55. The van der Waals surface area contributed by atoms with Crippen LogP contribution in [-0.4, -0.2) is 36.0 Å². The molecule has 3 rings (SSSR count). The lowest BCUT2D eigenvalue weighted by molar-refractivity contribution is 0.0796. The van der Waals surface area contributed by atoms with Gasteiger partial charge >= 0.3 is 0 Å². The van der Waals surface area contributed by atoms with Crippen LogP contribution in [0.2, 0.25) is 0 Å². The zero-order valence-corrected chi connectivity index (χ0v) is 13.8. The van der Waals surface area contributed by atoms with E-state index in [-0.39, 0.29) is 5.91 Å². The van der Waals surface area contributed by atoms with E-state index in [0.717, 1.165) is 48.4 Å². The summed E-state index contributed by atoms with van der Waals surface area (Å²) in [6.45, 7) is 3.49. The predicted octanol–water partition coefficient (Wildman–Crippen LogP) is 3.09. The van der Waals surface area contributed by atoms with Gasteiger partial charge in [0.25, 0.3) is 5.91 Å². The highest BCUT2D eigenvalue weighted by Crippen LogP contribution is 2.26. The topological polar surface area (TPSA) is 42.4 Å². The van der Waals surface area contributed by atoms with Gasteiger partial charge in [0.1, 0.15) is 5.75 Å². The second kappa shape index (κ2) is 6.48. The van der Waals surface area contributed by atoms with E-state index in [2.05, 4.69) is 4.98 Å². The maximum Gasteiger partial charge on any atom is 0.253 e. The van der Waals surface area contributed by atoms with Gasteiger partial charge in [0, 0.05) is 30.5 Å². The molecule has 22 heavy (non-hydrogen) atoms. The van der Waals surface area contributed by atoms with Crippen LogP contribution < -0.4 is 4.74 Å². The predicted molar refractivity (Wildman–Crippen MR) is 87.8 cm³/mol. The van der Waals surface area contributed by atoms with Gasteiger partial charge in [-0.3, -0.25) is 4.79 Å². The Morgan fingerprint density at radius 1 is 1.45 bits per heavy atom. The summed E-state index contributed by atoms with van der Waals surface area (Å²) in [6.07, 6.45) is 2.86. The van der Waals surface area contributed by atoms with Crippen LogP contribution in [-0.2, 0) is 12.8 Å². The molecule has 2 aromatic rings. The maximum atomic E-state index is 12.5. The molecule has 0 atom stereocenters. The molecule has 2 heterocycles. The van der Waals surface area contributed by atoms with Crippen molar-refractivity contribution in [1.82, 2.24) is 9.88 Å². The number of ether oxygens (including phenoxy) is 1. The van der Waals surface area contributed by atoms with Crippen molar-refractivity contribution in [2.75, 3.05) is 20.2 Å². The fraction of sp³-hybridized carbons (Fsp3) is 0.412. The molecule has 0 saturated carbocycles. The minimum absolute atomic E-state index is 0.0653.